The van der Waals surface area contributed by atoms with Crippen LogP contribution in [-0.2, 0) is 13.1 Å². The Morgan fingerprint density at radius 3 is 2.07 bits per heavy atom. The van der Waals surface area contributed by atoms with E-state index in [1.807, 2.05) is 76.7 Å². The first-order valence-electron chi connectivity index (χ1n) is 14.4. The summed E-state index contributed by atoms with van der Waals surface area (Å²) in [4.78, 5) is 32.3. The van der Waals surface area contributed by atoms with Crippen molar-refractivity contribution in [3.8, 4) is 11.5 Å². The third kappa shape index (κ3) is 3.76. The quantitative estimate of drug-likeness (QED) is 0.192. The van der Waals surface area contributed by atoms with Gasteiger partial charge in [0, 0.05) is 23.4 Å². The van der Waals surface area contributed by atoms with Crippen LogP contribution in [0.1, 0.15) is 48.9 Å². The smallest absolute Gasteiger partial charge is 0.255 e. The van der Waals surface area contributed by atoms with E-state index in [4.69, 9.17) is 4.98 Å². The lowest BCUT2D eigenvalue weighted by atomic mass is 9.82. The molecule has 0 atom stereocenters. The van der Waals surface area contributed by atoms with Gasteiger partial charge in [0.2, 0.25) is 11.0 Å². The summed E-state index contributed by atoms with van der Waals surface area (Å²) < 4.78 is 3.76. The lowest BCUT2D eigenvalue weighted by Gasteiger charge is -2.19. The molecule has 0 bridgehead atoms. The number of nitrogens with zero attached hydrogens (tertiary/aromatic N) is 3. The molecule has 0 amide bonds. The number of hydrogen-bond donors (Lipinski definition) is 2. The molecule has 44 heavy (non-hydrogen) atoms. The number of imidazole rings is 1. The number of pyridine rings is 1. The summed E-state index contributed by atoms with van der Waals surface area (Å²) in [6.07, 6.45) is 0. The molecule has 2 heterocycles. The van der Waals surface area contributed by atoms with Gasteiger partial charge in [-0.3, -0.25) is 9.59 Å². The van der Waals surface area contributed by atoms with Gasteiger partial charge in [0.25, 0.3) is 5.82 Å². The van der Waals surface area contributed by atoms with Crippen molar-refractivity contribution in [2.75, 3.05) is 0 Å². The van der Waals surface area contributed by atoms with Crippen LogP contribution in [-0.4, -0.2) is 31.3 Å². The van der Waals surface area contributed by atoms with Gasteiger partial charge in [-0.15, -0.1) is 0 Å². The molecule has 0 spiro atoms. The number of ketones is 2. The van der Waals surface area contributed by atoms with E-state index in [0.717, 1.165) is 32.9 Å². The lowest BCUT2D eigenvalue weighted by molar-refractivity contribution is -0.669. The number of para-hydroxylation sites is 1. The van der Waals surface area contributed by atoms with Gasteiger partial charge in [0.15, 0.2) is 23.1 Å². The summed E-state index contributed by atoms with van der Waals surface area (Å²) in [5.41, 5.74) is 3.17. The average Bonchev–Trinajstić information content (AvgIpc) is 3.32. The number of aromatic hydroxyl groups is 2. The number of phenolic OH excluding ortho intramolecular Hbond substituents is 2. The first-order chi connectivity index (χ1) is 21.4. The van der Waals surface area contributed by atoms with Crippen LogP contribution >= 0.6 is 0 Å². The van der Waals surface area contributed by atoms with Gasteiger partial charge >= 0.3 is 0 Å². The first kappa shape index (κ1) is 25.9. The highest BCUT2D eigenvalue weighted by molar-refractivity contribution is 6.32. The third-order valence-corrected chi connectivity index (χ3v) is 8.72. The molecule has 0 aliphatic heterocycles. The molecule has 0 radical (unpaired) electrons. The van der Waals surface area contributed by atoms with E-state index >= 15 is 0 Å². The molecule has 1 aliphatic carbocycles. The van der Waals surface area contributed by atoms with E-state index in [2.05, 4.69) is 18.2 Å². The fourth-order valence-electron chi connectivity index (χ4n) is 6.53. The van der Waals surface area contributed by atoms with Crippen molar-refractivity contribution >= 4 is 44.3 Å². The SMILES string of the molecule is Cc1n(Cc2ccc3ccccc3n2)c2c(O)c3c(c(O)c2[n+]1Cc1ccc2ccccc2c1)C(=O)c1ccccc1C3=O. The van der Waals surface area contributed by atoms with Crippen LogP contribution in [0.2, 0.25) is 0 Å². The number of hydrogen-bond acceptors (Lipinski definition) is 5. The Balaban J connectivity index is 1.39. The van der Waals surface area contributed by atoms with Crippen LogP contribution < -0.4 is 4.57 Å². The van der Waals surface area contributed by atoms with Crippen LogP contribution in [0.3, 0.4) is 0 Å². The summed E-state index contributed by atoms with van der Waals surface area (Å²) in [7, 11) is 0. The molecule has 0 fully saturated rings. The van der Waals surface area contributed by atoms with Gasteiger partial charge in [-0.2, -0.15) is 0 Å². The fourth-order valence-corrected chi connectivity index (χ4v) is 6.53. The zero-order valence-corrected chi connectivity index (χ0v) is 23.8. The molecule has 5 aromatic carbocycles. The van der Waals surface area contributed by atoms with E-state index in [1.165, 1.54) is 0 Å². The maximum absolute atomic E-state index is 13.7. The van der Waals surface area contributed by atoms with Crippen molar-refractivity contribution in [1.82, 2.24) is 9.55 Å². The Morgan fingerprint density at radius 1 is 0.705 bits per heavy atom. The van der Waals surface area contributed by atoms with Gasteiger partial charge < -0.3 is 10.2 Å². The summed E-state index contributed by atoms with van der Waals surface area (Å²) >= 11 is 0. The number of aromatic nitrogens is 3. The molecule has 0 unspecified atom stereocenters. The summed E-state index contributed by atoms with van der Waals surface area (Å²) in [6, 6.07) is 32.5. The zero-order valence-electron chi connectivity index (χ0n) is 23.8. The number of phenols is 2. The Morgan fingerprint density at radius 2 is 1.32 bits per heavy atom. The van der Waals surface area contributed by atoms with Gasteiger partial charge in [0.05, 0.1) is 22.3 Å². The maximum Gasteiger partial charge on any atom is 0.255 e. The van der Waals surface area contributed by atoms with Crippen LogP contribution in [0.15, 0.2) is 103 Å². The molecule has 0 saturated carbocycles. The fraction of sp³-hybridized carbons (Fsp3) is 0.0811. The monoisotopic (exact) mass is 576 g/mol. The topological polar surface area (TPSA) is 96.3 Å². The molecule has 0 saturated heterocycles. The van der Waals surface area contributed by atoms with Crippen molar-refractivity contribution in [1.29, 1.82) is 0 Å². The van der Waals surface area contributed by atoms with E-state index in [0.29, 0.717) is 12.4 Å². The van der Waals surface area contributed by atoms with Gasteiger partial charge in [0.1, 0.15) is 13.1 Å². The highest BCUT2D eigenvalue weighted by Crippen LogP contribution is 2.44. The zero-order chi connectivity index (χ0) is 30.1. The summed E-state index contributed by atoms with van der Waals surface area (Å²) in [5.74, 6) is -0.936. The van der Waals surface area contributed by atoms with E-state index in [1.54, 1.807) is 24.3 Å². The van der Waals surface area contributed by atoms with E-state index < -0.39 is 11.6 Å². The number of fused-ring (bicyclic) bond motifs is 5. The Kier molecular flexibility index (Phi) is 5.64. The number of carbonyl (C=O) groups excluding carboxylic acids is 2. The second-order valence-corrected chi connectivity index (χ2v) is 11.2. The van der Waals surface area contributed by atoms with E-state index in [9.17, 15) is 19.8 Å². The molecular formula is C37H26N3O4+. The Hall–Kier alpha value is -5.82. The van der Waals surface area contributed by atoms with Crippen molar-refractivity contribution in [3.05, 3.63) is 142 Å². The normalized spacial score (nSPS) is 12.7. The minimum absolute atomic E-state index is 0.174. The Labute approximate surface area is 251 Å². The van der Waals surface area contributed by atoms with Gasteiger partial charge in [-0.05, 0) is 34.5 Å². The minimum atomic E-state index is -0.500. The van der Waals surface area contributed by atoms with Crippen molar-refractivity contribution < 1.29 is 24.4 Å². The molecule has 212 valence electrons. The summed E-state index contributed by atoms with van der Waals surface area (Å²) in [5, 5.41) is 26.9. The summed E-state index contributed by atoms with van der Waals surface area (Å²) in [6.45, 7) is 2.52. The van der Waals surface area contributed by atoms with Crippen LogP contribution in [0, 0.1) is 6.92 Å². The second-order valence-electron chi connectivity index (χ2n) is 11.2. The van der Waals surface area contributed by atoms with Crippen LogP contribution in [0.5, 0.6) is 11.5 Å². The molecule has 7 aromatic rings. The molecule has 2 aromatic heterocycles. The predicted molar refractivity (Wildman–Crippen MR) is 167 cm³/mol. The maximum atomic E-state index is 13.7. The van der Waals surface area contributed by atoms with Crippen LogP contribution in [0.25, 0.3) is 32.7 Å². The molecule has 7 nitrogen and oxygen atoms in total. The van der Waals surface area contributed by atoms with Gasteiger partial charge in [-0.25, -0.2) is 14.1 Å². The van der Waals surface area contributed by atoms with Crippen molar-refractivity contribution in [3.63, 3.8) is 0 Å². The lowest BCUT2D eigenvalue weighted by Crippen LogP contribution is -2.37. The first-order valence-corrected chi connectivity index (χ1v) is 14.4. The van der Waals surface area contributed by atoms with Crippen molar-refractivity contribution in [2.24, 2.45) is 0 Å². The van der Waals surface area contributed by atoms with Crippen molar-refractivity contribution in [2.45, 2.75) is 20.0 Å². The minimum Gasteiger partial charge on any atom is -0.503 e. The highest BCUT2D eigenvalue weighted by atomic mass is 16.3. The molecule has 7 heteroatoms. The largest absolute Gasteiger partial charge is 0.503 e. The van der Waals surface area contributed by atoms with E-state index in [-0.39, 0.29) is 51.3 Å². The molecule has 8 rings (SSSR count). The predicted octanol–water partition coefficient (Wildman–Crippen LogP) is 6.22. The second kappa shape index (κ2) is 9.61. The number of benzene rings is 5. The number of carbonyl (C=O) groups is 2. The third-order valence-electron chi connectivity index (χ3n) is 8.72. The molecule has 1 aliphatic rings. The average molecular weight is 577 g/mol. The van der Waals surface area contributed by atoms with Gasteiger partial charge in [-0.1, -0.05) is 84.9 Å². The van der Waals surface area contributed by atoms with Crippen LogP contribution in [0.4, 0.5) is 0 Å². The highest BCUT2D eigenvalue weighted by Gasteiger charge is 2.41. The number of rotatable bonds is 4. The Bertz CT molecular complexity index is 2210. The molecular weight excluding hydrogens is 550 g/mol. The standard InChI is InChI=1S/C37H25N3O4/c1-21-39(19-22-14-15-23-8-2-3-10-25(23)18-22)32-33(40(21)20-26-17-16-24-9-4-7-13-29(24)38-26)37(44)31-30(36(32)43)34(41)27-11-5-6-12-28(27)35(31)42/h2-18H,19-20H2,1H3,(H-,41,42,43,44)/p+1. The molecule has 2 N–H and O–H groups in total.